The van der Waals surface area contributed by atoms with Crippen molar-refractivity contribution < 1.29 is 5.11 Å². The van der Waals surface area contributed by atoms with E-state index in [4.69, 9.17) is 0 Å². The first-order chi connectivity index (χ1) is 13.5. The lowest BCUT2D eigenvalue weighted by Crippen LogP contribution is -2.53. The second kappa shape index (κ2) is 6.72. The Morgan fingerprint density at radius 1 is 1.11 bits per heavy atom. The molecule has 0 radical (unpaired) electrons. The van der Waals surface area contributed by atoms with Gasteiger partial charge in [0.2, 0.25) is 0 Å². The van der Waals surface area contributed by atoms with Crippen molar-refractivity contribution >= 4 is 6.08 Å². The highest BCUT2D eigenvalue weighted by Crippen LogP contribution is 2.67. The van der Waals surface area contributed by atoms with Crippen LogP contribution in [0.1, 0.15) is 84.3 Å². The van der Waals surface area contributed by atoms with Gasteiger partial charge in [-0.3, -0.25) is 4.68 Å². The van der Waals surface area contributed by atoms with Gasteiger partial charge in [-0.25, -0.2) is 0 Å². The zero-order valence-electron chi connectivity index (χ0n) is 18.0. The Bertz CT molecular complexity index is 766. The fourth-order valence-electron chi connectivity index (χ4n) is 8.21. The Balaban J connectivity index is 1.46. The summed E-state index contributed by atoms with van der Waals surface area (Å²) < 4.78 is 2.04. The maximum Gasteiger partial charge on any atom is 0.0810 e. The van der Waals surface area contributed by atoms with Crippen LogP contribution in [0.15, 0.2) is 17.8 Å². The van der Waals surface area contributed by atoms with Gasteiger partial charge in [-0.15, -0.1) is 0 Å². The van der Waals surface area contributed by atoms with Crippen LogP contribution in [0.2, 0.25) is 0 Å². The number of hydrogen-bond acceptors (Lipinski definition) is 2. The molecule has 0 saturated heterocycles. The van der Waals surface area contributed by atoms with E-state index in [1.807, 2.05) is 10.9 Å². The SMILES string of the molecule is CCn1nccc1/C=C1\C[C@@H]2[C@H]3CC[C@H]4CCCC[C@]4(C)[C@@H]3CC[C@]2(C)[C@H]1O. The highest BCUT2D eigenvalue weighted by atomic mass is 16.3. The molecule has 3 nitrogen and oxygen atoms in total. The standard InChI is InChI=1S/C25H38N2O/c1-4-27-19(11-14-26-27)15-17-16-22-20-9-8-18-7-5-6-12-24(18,2)21(20)10-13-25(22,3)23(17)28/h11,14-15,18,20-23,28H,4-10,12-13,16H2,1-3H3/b17-15+/t18-,20+,21-,22-,23+,24+,25+/m1/s1. The summed E-state index contributed by atoms with van der Waals surface area (Å²) >= 11 is 0. The number of aliphatic hydroxyl groups is 1. The van der Waals surface area contributed by atoms with Gasteiger partial charge < -0.3 is 5.11 Å². The van der Waals surface area contributed by atoms with Gasteiger partial charge in [-0.1, -0.05) is 26.7 Å². The molecule has 0 amide bonds. The van der Waals surface area contributed by atoms with Crippen molar-refractivity contribution in [3.63, 3.8) is 0 Å². The fourth-order valence-corrected chi connectivity index (χ4v) is 8.21. The molecule has 1 N–H and O–H groups in total. The van der Waals surface area contributed by atoms with Crippen LogP contribution in [0, 0.1) is 34.5 Å². The van der Waals surface area contributed by atoms with E-state index in [9.17, 15) is 5.11 Å². The zero-order chi connectivity index (χ0) is 19.5. The van der Waals surface area contributed by atoms with Crippen LogP contribution in [0.5, 0.6) is 0 Å². The number of fused-ring (bicyclic) bond motifs is 5. The summed E-state index contributed by atoms with van der Waals surface area (Å²) in [5.74, 6) is 3.32. The third-order valence-corrected chi connectivity index (χ3v) is 9.83. The highest BCUT2D eigenvalue weighted by molar-refractivity contribution is 5.52. The Hall–Kier alpha value is -1.09. The quantitative estimate of drug-likeness (QED) is 0.713. The summed E-state index contributed by atoms with van der Waals surface area (Å²) in [6.45, 7) is 8.05. The van der Waals surface area contributed by atoms with Crippen LogP contribution in [-0.2, 0) is 6.54 Å². The summed E-state index contributed by atoms with van der Waals surface area (Å²) in [7, 11) is 0. The first-order valence-corrected chi connectivity index (χ1v) is 11.9. The van der Waals surface area contributed by atoms with Crippen LogP contribution in [0.4, 0.5) is 0 Å². The zero-order valence-corrected chi connectivity index (χ0v) is 18.0. The molecular formula is C25H38N2O. The first-order valence-electron chi connectivity index (χ1n) is 11.9. The van der Waals surface area contributed by atoms with E-state index in [-0.39, 0.29) is 11.5 Å². The lowest BCUT2D eigenvalue weighted by Gasteiger charge is -2.60. The van der Waals surface area contributed by atoms with Gasteiger partial charge in [0.25, 0.3) is 0 Å². The third-order valence-electron chi connectivity index (χ3n) is 9.83. The second-order valence-corrected chi connectivity index (χ2v) is 10.8. The molecular weight excluding hydrogens is 344 g/mol. The van der Waals surface area contributed by atoms with E-state index in [0.29, 0.717) is 11.3 Å². The molecule has 154 valence electrons. The largest absolute Gasteiger partial charge is 0.388 e. The molecule has 0 unspecified atom stereocenters. The molecule has 1 aromatic rings. The lowest BCUT2D eigenvalue weighted by atomic mass is 9.45. The summed E-state index contributed by atoms with van der Waals surface area (Å²) in [6, 6.07) is 2.09. The normalized spacial score (nSPS) is 46.9. The molecule has 5 rings (SSSR count). The van der Waals surface area contributed by atoms with E-state index in [0.717, 1.165) is 36.4 Å². The summed E-state index contributed by atoms with van der Waals surface area (Å²) in [6.07, 6.45) is 16.1. The molecule has 1 aromatic heterocycles. The van der Waals surface area contributed by atoms with Crippen molar-refractivity contribution in [2.45, 2.75) is 91.2 Å². The van der Waals surface area contributed by atoms with Crippen LogP contribution in [0.25, 0.3) is 6.08 Å². The third kappa shape index (κ3) is 2.61. The van der Waals surface area contributed by atoms with Crippen LogP contribution >= 0.6 is 0 Å². The van der Waals surface area contributed by atoms with E-state index in [1.165, 1.54) is 56.9 Å². The molecule has 7 atom stereocenters. The van der Waals surface area contributed by atoms with Crippen LogP contribution in [-0.4, -0.2) is 21.0 Å². The van der Waals surface area contributed by atoms with Gasteiger partial charge in [0, 0.05) is 18.2 Å². The van der Waals surface area contributed by atoms with Crippen molar-refractivity contribution in [2.24, 2.45) is 34.5 Å². The van der Waals surface area contributed by atoms with Crippen molar-refractivity contribution in [3.8, 4) is 0 Å². The number of aliphatic hydroxyl groups excluding tert-OH is 1. The number of hydrogen-bond donors (Lipinski definition) is 1. The molecule has 0 bridgehead atoms. The molecule has 4 fully saturated rings. The Morgan fingerprint density at radius 3 is 2.79 bits per heavy atom. The van der Waals surface area contributed by atoms with E-state index in [2.05, 4.69) is 38.0 Å². The number of nitrogens with zero attached hydrogens (tertiary/aromatic N) is 2. The first kappa shape index (κ1) is 18.9. The molecule has 4 aliphatic rings. The van der Waals surface area contributed by atoms with Crippen molar-refractivity contribution in [3.05, 3.63) is 23.5 Å². The van der Waals surface area contributed by atoms with Crippen molar-refractivity contribution in [2.75, 3.05) is 0 Å². The van der Waals surface area contributed by atoms with E-state index >= 15 is 0 Å². The van der Waals surface area contributed by atoms with Gasteiger partial charge in [0.15, 0.2) is 0 Å². The fraction of sp³-hybridized carbons (Fsp3) is 0.800. The van der Waals surface area contributed by atoms with Crippen molar-refractivity contribution in [1.82, 2.24) is 9.78 Å². The minimum atomic E-state index is -0.282. The van der Waals surface area contributed by atoms with Crippen LogP contribution in [0.3, 0.4) is 0 Å². The van der Waals surface area contributed by atoms with Gasteiger partial charge in [-0.2, -0.15) is 5.10 Å². The topological polar surface area (TPSA) is 38.0 Å². The Kier molecular flexibility index (Phi) is 4.54. The molecule has 0 aromatic carbocycles. The van der Waals surface area contributed by atoms with Gasteiger partial charge in [0.05, 0.1) is 11.8 Å². The van der Waals surface area contributed by atoms with E-state index in [1.54, 1.807) is 0 Å². The molecule has 1 heterocycles. The highest BCUT2D eigenvalue weighted by Gasteiger charge is 2.60. The summed E-state index contributed by atoms with van der Waals surface area (Å²) in [5, 5.41) is 15.8. The molecule has 4 aliphatic carbocycles. The van der Waals surface area contributed by atoms with Gasteiger partial charge in [0.1, 0.15) is 0 Å². The second-order valence-electron chi connectivity index (χ2n) is 10.8. The predicted molar refractivity (Wildman–Crippen MR) is 114 cm³/mol. The maximum absolute atomic E-state index is 11.4. The van der Waals surface area contributed by atoms with Crippen molar-refractivity contribution in [1.29, 1.82) is 0 Å². The minimum absolute atomic E-state index is 0.0714. The maximum atomic E-state index is 11.4. The number of aryl methyl sites for hydroxylation is 1. The number of rotatable bonds is 2. The Morgan fingerprint density at radius 2 is 1.96 bits per heavy atom. The predicted octanol–water partition coefficient (Wildman–Crippen LogP) is 5.69. The van der Waals surface area contributed by atoms with E-state index < -0.39 is 0 Å². The van der Waals surface area contributed by atoms with Gasteiger partial charge in [-0.05, 0) is 98.7 Å². The smallest absolute Gasteiger partial charge is 0.0810 e. The molecule has 0 spiro atoms. The number of aromatic nitrogens is 2. The summed E-state index contributed by atoms with van der Waals surface area (Å²) in [5.41, 5.74) is 3.06. The minimum Gasteiger partial charge on any atom is -0.388 e. The van der Waals surface area contributed by atoms with Gasteiger partial charge >= 0.3 is 0 Å². The molecule has 28 heavy (non-hydrogen) atoms. The molecule has 4 saturated carbocycles. The Labute approximate surface area is 170 Å². The average Bonchev–Trinajstić information content (AvgIpc) is 3.24. The monoisotopic (exact) mass is 382 g/mol. The lowest BCUT2D eigenvalue weighted by molar-refractivity contribution is -0.119. The van der Waals surface area contributed by atoms with Crippen LogP contribution < -0.4 is 0 Å². The average molecular weight is 383 g/mol. The molecule has 0 aliphatic heterocycles. The summed E-state index contributed by atoms with van der Waals surface area (Å²) in [4.78, 5) is 0. The molecule has 3 heteroatoms.